The number of hydrogen-bond donors (Lipinski definition) is 0. The van der Waals surface area contributed by atoms with Gasteiger partial charge in [-0.3, -0.25) is 0 Å². The molecule has 4 heterocycles. The first kappa shape index (κ1) is 44.7. The Hall–Kier alpha value is -7.24. The van der Waals surface area contributed by atoms with E-state index in [-0.39, 0.29) is 28.4 Å². The summed E-state index contributed by atoms with van der Waals surface area (Å²) in [5.74, 6) is 0. The first-order valence-corrected chi connectivity index (χ1v) is 26.0. The number of anilines is 6. The number of aromatic nitrogens is 1. The molecule has 0 unspecified atom stereocenters. The molecule has 0 fully saturated rings. The molecule has 0 bridgehead atoms. The van der Waals surface area contributed by atoms with Gasteiger partial charge in [-0.25, -0.2) is 0 Å². The van der Waals surface area contributed by atoms with Crippen LogP contribution in [0.5, 0.6) is 0 Å². The fraction of sp³-hybridized carbons (Fsp3) is 0.254. The van der Waals surface area contributed by atoms with Crippen molar-refractivity contribution < 1.29 is 4.42 Å². The normalized spacial score (nSPS) is 14.5. The molecule has 3 aliphatic rings. The van der Waals surface area contributed by atoms with Crippen LogP contribution in [0.15, 0.2) is 156 Å². The predicted octanol–water partition coefficient (Wildman–Crippen LogP) is 16.4. The van der Waals surface area contributed by atoms with Crippen molar-refractivity contribution in [3.63, 3.8) is 0 Å². The molecule has 356 valence electrons. The van der Waals surface area contributed by atoms with Crippen molar-refractivity contribution >= 4 is 90.1 Å². The summed E-state index contributed by atoms with van der Waals surface area (Å²) in [5, 5.41) is 3.61. The van der Waals surface area contributed by atoms with E-state index in [1.165, 1.54) is 88.9 Å². The van der Waals surface area contributed by atoms with Crippen LogP contribution in [-0.4, -0.2) is 11.3 Å². The number of hydrogen-bond acceptors (Lipinski definition) is 3. The number of rotatable bonds is 4. The summed E-state index contributed by atoms with van der Waals surface area (Å²) in [4.78, 5) is 5.06. The molecule has 5 heteroatoms. The molecule has 0 N–H and O–H groups in total. The predicted molar refractivity (Wildman–Crippen MR) is 308 cm³/mol. The van der Waals surface area contributed by atoms with Crippen molar-refractivity contribution in [2.75, 3.05) is 9.80 Å². The van der Waals surface area contributed by atoms with Crippen molar-refractivity contribution in [3.05, 3.63) is 191 Å². The molecule has 2 aromatic heterocycles. The van der Waals surface area contributed by atoms with Gasteiger partial charge in [0.25, 0.3) is 6.71 Å². The van der Waals surface area contributed by atoms with Gasteiger partial charge in [0.05, 0.1) is 5.69 Å². The first-order chi connectivity index (χ1) is 34.2. The van der Waals surface area contributed by atoms with E-state index < -0.39 is 0 Å². The maximum absolute atomic E-state index is 7.26. The zero-order valence-corrected chi connectivity index (χ0v) is 44.3. The summed E-state index contributed by atoms with van der Waals surface area (Å²) in [6, 6.07) is 57.9. The quantitative estimate of drug-likeness (QED) is 0.164. The highest BCUT2D eigenvalue weighted by Crippen LogP contribution is 2.56. The van der Waals surface area contributed by atoms with Gasteiger partial charge in [-0.2, -0.15) is 0 Å². The van der Waals surface area contributed by atoms with Gasteiger partial charge in [-0.05, 0) is 140 Å². The second-order valence-electron chi connectivity index (χ2n) is 24.8. The SMILES string of the molecule is Cc1ccccc1N(c1ccc2c(c1)N(c1cccc3c1oc1cc(C(C)(C)C)ccc13)c1cc(C(C)(C)C)cc3c1B2c1cc(C(C)(C)C)cc2c4c(n-3c12)C(C)(C)c1ccccc1-4)c1ccccc1C. The summed E-state index contributed by atoms with van der Waals surface area (Å²) in [6.45, 7) is 30.4. The van der Waals surface area contributed by atoms with Crippen molar-refractivity contribution in [3.8, 4) is 16.8 Å². The molecular formula is C67H64BN3O. The van der Waals surface area contributed by atoms with Crippen LogP contribution in [0.2, 0.25) is 0 Å². The molecular weight excluding hydrogens is 874 g/mol. The van der Waals surface area contributed by atoms with Crippen molar-refractivity contribution in [1.82, 2.24) is 4.57 Å². The summed E-state index contributed by atoms with van der Waals surface area (Å²) in [5.41, 5.74) is 26.6. The highest BCUT2D eigenvalue weighted by atomic mass is 16.3. The number of furan rings is 1. The maximum Gasteiger partial charge on any atom is 0.252 e. The van der Waals surface area contributed by atoms with Crippen LogP contribution in [0.25, 0.3) is 49.7 Å². The number of para-hydroxylation sites is 3. The van der Waals surface area contributed by atoms with E-state index in [1.807, 2.05) is 0 Å². The fourth-order valence-electron chi connectivity index (χ4n) is 12.7. The summed E-state index contributed by atoms with van der Waals surface area (Å²) in [7, 11) is 0. The second kappa shape index (κ2) is 14.9. The topological polar surface area (TPSA) is 24.6 Å². The van der Waals surface area contributed by atoms with Crippen molar-refractivity contribution in [1.29, 1.82) is 0 Å². The minimum Gasteiger partial charge on any atom is -0.454 e. The Bertz CT molecular complexity index is 3910. The Kier molecular flexibility index (Phi) is 9.26. The molecule has 0 atom stereocenters. The minimum absolute atomic E-state index is 0.0249. The Morgan fingerprint density at radius 2 is 1.15 bits per heavy atom. The molecule has 72 heavy (non-hydrogen) atoms. The Labute approximate surface area is 426 Å². The van der Waals surface area contributed by atoms with Crippen LogP contribution in [-0.2, 0) is 21.7 Å². The lowest BCUT2D eigenvalue weighted by Gasteiger charge is -2.43. The molecule has 10 aromatic rings. The van der Waals surface area contributed by atoms with Gasteiger partial charge in [0.15, 0.2) is 5.58 Å². The smallest absolute Gasteiger partial charge is 0.252 e. The molecule has 8 aromatic carbocycles. The lowest BCUT2D eigenvalue weighted by molar-refractivity contribution is 0.587. The van der Waals surface area contributed by atoms with Crippen LogP contribution in [0.3, 0.4) is 0 Å². The lowest BCUT2D eigenvalue weighted by atomic mass is 9.33. The van der Waals surface area contributed by atoms with E-state index in [0.29, 0.717) is 0 Å². The third-order valence-corrected chi connectivity index (χ3v) is 16.6. The van der Waals surface area contributed by atoms with Crippen molar-refractivity contribution in [2.45, 2.75) is 112 Å². The zero-order valence-electron chi connectivity index (χ0n) is 44.3. The van der Waals surface area contributed by atoms with Crippen LogP contribution in [0.4, 0.5) is 34.1 Å². The van der Waals surface area contributed by atoms with Gasteiger partial charge >= 0.3 is 0 Å². The van der Waals surface area contributed by atoms with E-state index >= 15 is 0 Å². The van der Waals surface area contributed by atoms with Crippen LogP contribution in [0, 0.1) is 13.8 Å². The molecule has 13 rings (SSSR count). The number of fused-ring (bicyclic) bond motifs is 12. The number of benzene rings is 8. The molecule has 0 spiro atoms. The molecule has 4 nitrogen and oxygen atoms in total. The highest BCUT2D eigenvalue weighted by molar-refractivity contribution is 7.00. The van der Waals surface area contributed by atoms with Gasteiger partial charge in [-0.15, -0.1) is 0 Å². The standard InChI is InChI=1S/C67H64BN3O/c1-39-21-14-18-26-52(39)69(53-27-19-15-22-40(53)2)44-30-32-50-55(38-44)70(54-28-20-24-46-45-31-29-41(64(3,4)5)37-58(45)72-62(46)54)56-35-43(66(9,10)11)36-57-60(56)68(50)51-34-42(65(6,7)8)33-48-59-47-23-16-17-25-49(47)67(12,13)63(59)71(57)61(48)51/h14-38H,1-13H3. The van der Waals surface area contributed by atoms with E-state index in [2.05, 4.69) is 256 Å². The first-order valence-electron chi connectivity index (χ1n) is 26.0. The zero-order chi connectivity index (χ0) is 50.1. The third kappa shape index (κ3) is 6.25. The van der Waals surface area contributed by atoms with Gasteiger partial charge in [0.1, 0.15) is 5.58 Å². The summed E-state index contributed by atoms with van der Waals surface area (Å²) >= 11 is 0. The van der Waals surface area contributed by atoms with Gasteiger partial charge in [-0.1, -0.05) is 173 Å². The van der Waals surface area contributed by atoms with E-state index in [4.69, 9.17) is 4.42 Å². The number of nitrogens with zero attached hydrogens (tertiary/aromatic N) is 3. The average Bonchev–Trinajstić information content (AvgIpc) is 3.97. The molecule has 0 saturated heterocycles. The molecule has 0 radical (unpaired) electrons. The van der Waals surface area contributed by atoms with Crippen LogP contribution in [0.1, 0.15) is 115 Å². The minimum atomic E-state index is -0.247. The third-order valence-electron chi connectivity index (χ3n) is 16.6. The van der Waals surface area contributed by atoms with Crippen LogP contribution >= 0.6 is 0 Å². The van der Waals surface area contributed by atoms with E-state index in [9.17, 15) is 0 Å². The fourth-order valence-corrected chi connectivity index (χ4v) is 12.7. The Balaban J connectivity index is 1.20. The molecule has 1 aliphatic carbocycles. The second-order valence-corrected chi connectivity index (χ2v) is 24.8. The maximum atomic E-state index is 7.26. The van der Waals surface area contributed by atoms with E-state index in [1.54, 1.807) is 0 Å². The molecule has 0 amide bonds. The van der Waals surface area contributed by atoms with E-state index in [0.717, 1.165) is 50.4 Å². The van der Waals surface area contributed by atoms with Crippen LogP contribution < -0.4 is 26.2 Å². The Morgan fingerprint density at radius 1 is 0.514 bits per heavy atom. The van der Waals surface area contributed by atoms with Crippen molar-refractivity contribution in [2.24, 2.45) is 0 Å². The average molecular weight is 938 g/mol. The largest absolute Gasteiger partial charge is 0.454 e. The van der Waals surface area contributed by atoms with Gasteiger partial charge in [0, 0.05) is 72.5 Å². The monoisotopic (exact) mass is 938 g/mol. The summed E-state index contributed by atoms with van der Waals surface area (Å²) < 4.78 is 9.98. The highest BCUT2D eigenvalue weighted by Gasteiger charge is 2.48. The molecule has 2 aliphatic heterocycles. The van der Waals surface area contributed by atoms with Gasteiger partial charge in [0.2, 0.25) is 0 Å². The lowest BCUT2D eigenvalue weighted by Crippen LogP contribution is -2.61. The number of aryl methyl sites for hydroxylation is 2. The summed E-state index contributed by atoms with van der Waals surface area (Å²) in [6.07, 6.45) is 0. The molecule has 0 saturated carbocycles. The van der Waals surface area contributed by atoms with Gasteiger partial charge < -0.3 is 18.8 Å². The Morgan fingerprint density at radius 3 is 1.83 bits per heavy atom.